The minimum absolute atomic E-state index is 0.0448. The molecule has 1 aromatic heterocycles. The van der Waals surface area contributed by atoms with Gasteiger partial charge in [0.15, 0.2) is 0 Å². The first-order valence-corrected chi connectivity index (χ1v) is 10.1. The molecule has 6 nitrogen and oxygen atoms in total. The maximum atomic E-state index is 13.4. The van der Waals surface area contributed by atoms with Gasteiger partial charge in [-0.3, -0.25) is 9.89 Å². The van der Waals surface area contributed by atoms with Crippen LogP contribution in [-0.4, -0.2) is 40.3 Å². The zero-order chi connectivity index (χ0) is 21.5. The van der Waals surface area contributed by atoms with Crippen molar-refractivity contribution in [1.82, 2.24) is 15.1 Å². The number of carbonyl (C=O) groups is 1. The number of carbonyl (C=O) groups excluding carboxylic acids is 1. The van der Waals surface area contributed by atoms with E-state index in [1.54, 1.807) is 7.11 Å². The highest BCUT2D eigenvalue weighted by Crippen LogP contribution is 2.46. The number of rotatable bonds is 5. The van der Waals surface area contributed by atoms with Gasteiger partial charge in [0, 0.05) is 16.7 Å². The summed E-state index contributed by atoms with van der Waals surface area (Å²) in [6, 6.07) is 15.4. The molecule has 1 aliphatic heterocycles. The van der Waals surface area contributed by atoms with Crippen LogP contribution in [0.1, 0.15) is 55.4 Å². The van der Waals surface area contributed by atoms with Crippen molar-refractivity contribution in [2.75, 3.05) is 13.7 Å². The molecule has 4 rings (SSSR count). The van der Waals surface area contributed by atoms with Gasteiger partial charge in [-0.1, -0.05) is 12.1 Å². The molecule has 1 unspecified atom stereocenters. The number of aromatic amines is 1. The minimum atomic E-state index is -0.375. The van der Waals surface area contributed by atoms with Gasteiger partial charge >= 0.3 is 0 Å². The number of H-pyrrole nitrogens is 1. The first-order valence-electron chi connectivity index (χ1n) is 10.1. The van der Waals surface area contributed by atoms with Crippen molar-refractivity contribution in [3.8, 4) is 22.8 Å². The molecule has 0 radical (unpaired) electrons. The van der Waals surface area contributed by atoms with E-state index >= 15 is 0 Å². The predicted molar refractivity (Wildman–Crippen MR) is 116 cm³/mol. The van der Waals surface area contributed by atoms with E-state index in [0.29, 0.717) is 12.3 Å². The van der Waals surface area contributed by atoms with Crippen LogP contribution < -0.4 is 9.47 Å². The summed E-state index contributed by atoms with van der Waals surface area (Å²) in [7, 11) is 1.64. The molecule has 1 aliphatic rings. The SMILES string of the molecule is CCOc1cccc(C2c3c(-c4ccc(OC)cc4)n[nH]c3C(=O)N2C(C)(C)C)c1. The van der Waals surface area contributed by atoms with Crippen LogP contribution in [0.5, 0.6) is 11.5 Å². The van der Waals surface area contributed by atoms with E-state index in [1.165, 1.54) is 0 Å². The highest BCUT2D eigenvalue weighted by molar-refractivity contribution is 6.00. The molecular formula is C24H27N3O3. The zero-order valence-electron chi connectivity index (χ0n) is 18.0. The van der Waals surface area contributed by atoms with E-state index in [9.17, 15) is 4.79 Å². The summed E-state index contributed by atoms with van der Waals surface area (Å²) >= 11 is 0. The molecule has 0 saturated carbocycles. The molecule has 1 amide bonds. The summed E-state index contributed by atoms with van der Waals surface area (Å²) < 4.78 is 11.0. The lowest BCUT2D eigenvalue weighted by Crippen LogP contribution is -2.44. The third-order valence-corrected chi connectivity index (χ3v) is 5.34. The summed E-state index contributed by atoms with van der Waals surface area (Å²) in [6.07, 6.45) is 0. The molecule has 6 heteroatoms. The molecule has 1 N–H and O–H groups in total. The van der Waals surface area contributed by atoms with Gasteiger partial charge in [0.1, 0.15) is 17.2 Å². The van der Waals surface area contributed by atoms with Crippen LogP contribution in [0.4, 0.5) is 0 Å². The number of fused-ring (bicyclic) bond motifs is 1. The molecule has 0 saturated heterocycles. The Hall–Kier alpha value is -3.28. The van der Waals surface area contributed by atoms with Crippen LogP contribution in [-0.2, 0) is 0 Å². The predicted octanol–water partition coefficient (Wildman–Crippen LogP) is 4.83. The molecule has 2 aromatic carbocycles. The molecule has 0 spiro atoms. The Labute approximate surface area is 176 Å². The van der Waals surface area contributed by atoms with E-state index in [2.05, 4.69) is 31.0 Å². The van der Waals surface area contributed by atoms with Crippen LogP contribution in [0, 0.1) is 0 Å². The molecule has 2 heterocycles. The Bertz CT molecular complexity index is 1060. The first-order chi connectivity index (χ1) is 14.3. The van der Waals surface area contributed by atoms with Gasteiger partial charge < -0.3 is 14.4 Å². The monoisotopic (exact) mass is 405 g/mol. The van der Waals surface area contributed by atoms with Crippen LogP contribution >= 0.6 is 0 Å². The Morgan fingerprint density at radius 1 is 1.10 bits per heavy atom. The molecule has 0 aliphatic carbocycles. The normalized spacial score (nSPS) is 16.0. The zero-order valence-corrected chi connectivity index (χ0v) is 18.0. The van der Waals surface area contributed by atoms with Crippen LogP contribution in [0.3, 0.4) is 0 Å². The summed E-state index contributed by atoms with van der Waals surface area (Å²) in [5.74, 6) is 1.52. The number of amides is 1. The molecule has 3 aromatic rings. The van der Waals surface area contributed by atoms with Crippen molar-refractivity contribution >= 4 is 5.91 Å². The Kier molecular flexibility index (Phi) is 5.02. The molecule has 156 valence electrons. The number of ether oxygens (including phenoxy) is 2. The number of hydrogen-bond donors (Lipinski definition) is 1. The average molecular weight is 405 g/mol. The van der Waals surface area contributed by atoms with E-state index in [4.69, 9.17) is 9.47 Å². The lowest BCUT2D eigenvalue weighted by Gasteiger charge is -2.37. The van der Waals surface area contributed by atoms with Gasteiger partial charge in [-0.05, 0) is 69.7 Å². The largest absolute Gasteiger partial charge is 0.497 e. The van der Waals surface area contributed by atoms with Crippen molar-refractivity contribution in [1.29, 1.82) is 0 Å². The Morgan fingerprint density at radius 3 is 2.47 bits per heavy atom. The summed E-state index contributed by atoms with van der Waals surface area (Å²) in [5, 5.41) is 7.52. The van der Waals surface area contributed by atoms with Gasteiger partial charge in [0.25, 0.3) is 5.91 Å². The summed E-state index contributed by atoms with van der Waals surface area (Å²) in [5.41, 5.74) is 3.78. The third-order valence-electron chi connectivity index (χ3n) is 5.34. The van der Waals surface area contributed by atoms with E-state index in [1.807, 2.05) is 60.4 Å². The van der Waals surface area contributed by atoms with Crippen LogP contribution in [0.2, 0.25) is 0 Å². The van der Waals surface area contributed by atoms with Gasteiger partial charge in [-0.2, -0.15) is 5.10 Å². The molecule has 0 bridgehead atoms. The fourth-order valence-corrected chi connectivity index (χ4v) is 4.06. The molecule has 1 atom stereocenters. The number of nitrogens with zero attached hydrogens (tertiary/aromatic N) is 2. The second-order valence-electron chi connectivity index (χ2n) is 8.34. The van der Waals surface area contributed by atoms with E-state index < -0.39 is 0 Å². The lowest BCUT2D eigenvalue weighted by atomic mass is 9.93. The number of hydrogen-bond acceptors (Lipinski definition) is 4. The third kappa shape index (κ3) is 3.32. The van der Waals surface area contributed by atoms with E-state index in [0.717, 1.165) is 33.9 Å². The topological polar surface area (TPSA) is 67.5 Å². The number of benzene rings is 2. The molecular weight excluding hydrogens is 378 g/mol. The Morgan fingerprint density at radius 2 is 1.83 bits per heavy atom. The molecule has 0 fully saturated rings. The highest BCUT2D eigenvalue weighted by Gasteiger charge is 2.46. The minimum Gasteiger partial charge on any atom is -0.497 e. The maximum Gasteiger partial charge on any atom is 0.273 e. The van der Waals surface area contributed by atoms with Crippen LogP contribution in [0.15, 0.2) is 48.5 Å². The summed E-state index contributed by atoms with van der Waals surface area (Å²) in [6.45, 7) is 8.71. The highest BCUT2D eigenvalue weighted by atomic mass is 16.5. The van der Waals surface area contributed by atoms with Gasteiger partial charge in [-0.15, -0.1) is 0 Å². The number of nitrogens with one attached hydrogen (secondary N) is 1. The first kappa shape index (κ1) is 20.0. The molecule has 30 heavy (non-hydrogen) atoms. The average Bonchev–Trinajstić information content (AvgIpc) is 3.27. The van der Waals surface area contributed by atoms with Gasteiger partial charge in [0.05, 0.1) is 25.5 Å². The van der Waals surface area contributed by atoms with Gasteiger partial charge in [0.2, 0.25) is 0 Å². The Balaban J connectivity index is 1.89. The lowest BCUT2D eigenvalue weighted by molar-refractivity contribution is 0.0545. The standard InChI is InChI=1S/C24H27N3O3/c1-6-30-18-9-7-8-16(14-18)22-19-20(15-10-12-17(29-5)13-11-15)25-26-21(19)23(28)27(22)24(2,3)4/h7-14,22H,6H2,1-5H3,(H,25,26). The van der Waals surface area contributed by atoms with Crippen molar-refractivity contribution in [3.05, 3.63) is 65.4 Å². The fourth-order valence-electron chi connectivity index (χ4n) is 4.06. The van der Waals surface area contributed by atoms with E-state index in [-0.39, 0.29) is 17.5 Å². The van der Waals surface area contributed by atoms with Crippen molar-refractivity contribution in [2.24, 2.45) is 0 Å². The second-order valence-corrected chi connectivity index (χ2v) is 8.34. The fraction of sp³-hybridized carbons (Fsp3) is 0.333. The van der Waals surface area contributed by atoms with Crippen molar-refractivity contribution in [3.63, 3.8) is 0 Å². The van der Waals surface area contributed by atoms with Crippen molar-refractivity contribution in [2.45, 2.75) is 39.3 Å². The summed E-state index contributed by atoms with van der Waals surface area (Å²) in [4.78, 5) is 15.3. The number of methoxy groups -OCH3 is 1. The smallest absolute Gasteiger partial charge is 0.273 e. The van der Waals surface area contributed by atoms with Crippen LogP contribution in [0.25, 0.3) is 11.3 Å². The quantitative estimate of drug-likeness (QED) is 0.660. The maximum absolute atomic E-state index is 13.4. The van der Waals surface area contributed by atoms with Crippen molar-refractivity contribution < 1.29 is 14.3 Å². The number of aromatic nitrogens is 2. The van der Waals surface area contributed by atoms with Gasteiger partial charge in [-0.25, -0.2) is 0 Å². The second kappa shape index (κ2) is 7.52.